The lowest BCUT2D eigenvalue weighted by atomic mass is 9.99. The molecule has 2 N–H and O–H groups in total. The van der Waals surface area contributed by atoms with E-state index in [2.05, 4.69) is 24.3 Å². The Morgan fingerprint density at radius 2 is 0.773 bits per heavy atom. The van der Waals surface area contributed by atoms with E-state index >= 15 is 0 Å². The fraction of sp³-hybridized carbons (Fsp3) is 0.0500. The van der Waals surface area contributed by atoms with E-state index < -0.39 is 0 Å². The monoisotopic (exact) mass is 572 g/mol. The molecule has 4 heteroatoms. The lowest BCUT2D eigenvalue weighted by molar-refractivity contribution is 0.473. The van der Waals surface area contributed by atoms with Crippen LogP contribution < -0.4 is 0 Å². The number of rotatable bonds is 7. The van der Waals surface area contributed by atoms with Gasteiger partial charge in [-0.05, 0) is 72.5 Å². The van der Waals surface area contributed by atoms with Crippen molar-refractivity contribution in [2.75, 3.05) is 0 Å². The first-order chi connectivity index (χ1) is 21.5. The number of hydrogen-bond donors (Lipinski definition) is 2. The molecule has 0 radical (unpaired) electrons. The maximum atomic E-state index is 10.8. The van der Waals surface area contributed by atoms with Crippen molar-refractivity contribution in [2.24, 2.45) is 9.98 Å². The van der Waals surface area contributed by atoms with E-state index in [1.807, 2.05) is 123 Å². The van der Waals surface area contributed by atoms with Crippen molar-refractivity contribution in [1.82, 2.24) is 0 Å². The zero-order valence-corrected chi connectivity index (χ0v) is 24.6. The van der Waals surface area contributed by atoms with Gasteiger partial charge in [0.1, 0.15) is 11.5 Å². The Kier molecular flexibility index (Phi) is 8.15. The highest BCUT2D eigenvalue weighted by Crippen LogP contribution is 2.38. The Bertz CT molecular complexity index is 1850. The first-order valence-electron chi connectivity index (χ1n) is 14.5. The van der Waals surface area contributed by atoms with Crippen LogP contribution in [0.25, 0.3) is 33.4 Å². The second-order valence-corrected chi connectivity index (χ2v) is 10.6. The number of para-hydroxylation sites is 2. The molecule has 0 aliphatic heterocycles. The molecule has 0 aromatic heterocycles. The largest absolute Gasteiger partial charge is 0.507 e. The zero-order chi connectivity index (χ0) is 30.5. The van der Waals surface area contributed by atoms with Crippen molar-refractivity contribution in [1.29, 1.82) is 0 Å². The molecular formula is C40H32N2O2. The van der Waals surface area contributed by atoms with Crippen molar-refractivity contribution in [3.63, 3.8) is 0 Å². The van der Waals surface area contributed by atoms with Gasteiger partial charge >= 0.3 is 0 Å². The van der Waals surface area contributed by atoms with Gasteiger partial charge in [-0.25, -0.2) is 0 Å². The molecule has 44 heavy (non-hydrogen) atoms. The summed E-state index contributed by atoms with van der Waals surface area (Å²) in [6, 6.07) is 47.3. The molecule has 0 spiro atoms. The average molecular weight is 573 g/mol. The van der Waals surface area contributed by atoms with E-state index in [0.717, 1.165) is 44.8 Å². The number of nitrogens with zero attached hydrogens (tertiary/aromatic N) is 2. The first kappa shape index (κ1) is 28.4. The van der Waals surface area contributed by atoms with E-state index in [4.69, 9.17) is 9.98 Å². The topological polar surface area (TPSA) is 65.2 Å². The number of phenols is 2. The van der Waals surface area contributed by atoms with Crippen LogP contribution in [0.2, 0.25) is 0 Å². The Labute approximate surface area is 258 Å². The third-order valence-corrected chi connectivity index (χ3v) is 7.66. The number of aromatic hydroxyl groups is 2. The summed E-state index contributed by atoms with van der Waals surface area (Å²) in [6.45, 7) is 3.83. The fourth-order valence-electron chi connectivity index (χ4n) is 5.35. The molecule has 0 saturated heterocycles. The first-order valence-corrected chi connectivity index (χ1v) is 14.5. The highest BCUT2D eigenvalue weighted by molar-refractivity contribution is 6.06. The lowest BCUT2D eigenvalue weighted by Gasteiger charge is -2.13. The molecule has 0 unspecified atom stereocenters. The van der Waals surface area contributed by atoms with Crippen LogP contribution in [-0.2, 0) is 0 Å². The SMILES string of the molecule is CC(=Nc1ccccc1-c1ccccc1N=C(C)c1cc(-c2ccccc2)ccc1O)c1cc(-c2ccccc2)ccc1O. The van der Waals surface area contributed by atoms with Gasteiger partial charge in [0.05, 0.1) is 11.4 Å². The van der Waals surface area contributed by atoms with Gasteiger partial charge in [-0.1, -0.05) is 109 Å². The molecule has 0 saturated carbocycles. The summed E-state index contributed by atoms with van der Waals surface area (Å²) in [7, 11) is 0. The van der Waals surface area contributed by atoms with Gasteiger partial charge in [0.2, 0.25) is 0 Å². The van der Waals surface area contributed by atoms with Gasteiger partial charge in [0.25, 0.3) is 0 Å². The van der Waals surface area contributed by atoms with Gasteiger partial charge in [0, 0.05) is 33.7 Å². The number of hydrogen-bond acceptors (Lipinski definition) is 4. The van der Waals surface area contributed by atoms with Crippen molar-refractivity contribution in [2.45, 2.75) is 13.8 Å². The second-order valence-electron chi connectivity index (χ2n) is 10.6. The second kappa shape index (κ2) is 12.6. The zero-order valence-electron chi connectivity index (χ0n) is 24.6. The molecule has 4 nitrogen and oxygen atoms in total. The van der Waals surface area contributed by atoms with Crippen LogP contribution in [0.4, 0.5) is 11.4 Å². The van der Waals surface area contributed by atoms with Crippen molar-refractivity contribution in [3.05, 3.63) is 157 Å². The van der Waals surface area contributed by atoms with Crippen LogP contribution in [0.1, 0.15) is 25.0 Å². The molecule has 0 amide bonds. The van der Waals surface area contributed by atoms with Gasteiger partial charge < -0.3 is 10.2 Å². The molecule has 0 aliphatic carbocycles. The number of phenolic OH excluding ortho intramolecular Hbond substituents is 2. The minimum atomic E-state index is 0.182. The molecule has 6 rings (SSSR count). The summed E-state index contributed by atoms with van der Waals surface area (Å²) in [5.41, 5.74) is 10.3. The van der Waals surface area contributed by atoms with Crippen LogP contribution in [0.5, 0.6) is 11.5 Å². The number of benzene rings is 6. The Morgan fingerprint density at radius 1 is 0.409 bits per heavy atom. The van der Waals surface area contributed by atoms with E-state index in [-0.39, 0.29) is 11.5 Å². The van der Waals surface area contributed by atoms with Crippen molar-refractivity contribution >= 4 is 22.8 Å². The highest BCUT2D eigenvalue weighted by atomic mass is 16.3. The maximum absolute atomic E-state index is 10.8. The van der Waals surface area contributed by atoms with Gasteiger partial charge in [-0.15, -0.1) is 0 Å². The molecule has 6 aromatic carbocycles. The predicted molar refractivity (Wildman–Crippen MR) is 183 cm³/mol. The minimum absolute atomic E-state index is 0.182. The van der Waals surface area contributed by atoms with E-state index in [1.54, 1.807) is 12.1 Å². The summed E-state index contributed by atoms with van der Waals surface area (Å²) in [5.74, 6) is 0.364. The summed E-state index contributed by atoms with van der Waals surface area (Å²) < 4.78 is 0. The molecule has 0 atom stereocenters. The van der Waals surface area contributed by atoms with Gasteiger partial charge in [-0.3, -0.25) is 9.98 Å². The normalized spacial score (nSPS) is 11.9. The molecule has 6 aromatic rings. The summed E-state index contributed by atoms with van der Waals surface area (Å²) in [4.78, 5) is 10.0. The van der Waals surface area contributed by atoms with Crippen LogP contribution in [-0.4, -0.2) is 21.6 Å². The maximum Gasteiger partial charge on any atom is 0.124 e. The lowest BCUT2D eigenvalue weighted by Crippen LogP contribution is -1.97. The smallest absolute Gasteiger partial charge is 0.124 e. The molecule has 214 valence electrons. The van der Waals surface area contributed by atoms with E-state index in [1.165, 1.54) is 0 Å². The van der Waals surface area contributed by atoms with Crippen molar-refractivity contribution < 1.29 is 10.2 Å². The summed E-state index contributed by atoms with van der Waals surface area (Å²) in [5, 5.41) is 21.5. The van der Waals surface area contributed by atoms with E-state index in [0.29, 0.717) is 22.6 Å². The standard InChI is InChI=1S/C40H32N2O2/c1-27(35-25-31(21-23-39(35)43)29-13-5-3-6-14-29)41-37-19-11-9-17-33(37)34-18-10-12-20-38(34)42-28(2)36-26-32(22-24-40(36)44)30-15-7-4-8-16-30/h3-26,43-44H,1-2H3. The summed E-state index contributed by atoms with van der Waals surface area (Å²) in [6.07, 6.45) is 0. The van der Waals surface area contributed by atoms with Gasteiger partial charge in [-0.2, -0.15) is 0 Å². The third-order valence-electron chi connectivity index (χ3n) is 7.66. The molecule has 0 fully saturated rings. The Morgan fingerprint density at radius 3 is 1.18 bits per heavy atom. The van der Waals surface area contributed by atoms with Crippen LogP contribution in [0.3, 0.4) is 0 Å². The van der Waals surface area contributed by atoms with Crippen molar-refractivity contribution in [3.8, 4) is 44.9 Å². The molecule has 0 heterocycles. The third kappa shape index (κ3) is 6.06. The van der Waals surface area contributed by atoms with Crippen LogP contribution in [0, 0.1) is 0 Å². The van der Waals surface area contributed by atoms with E-state index in [9.17, 15) is 10.2 Å². The predicted octanol–water partition coefficient (Wildman–Crippen LogP) is 10.4. The minimum Gasteiger partial charge on any atom is -0.507 e. The summed E-state index contributed by atoms with van der Waals surface area (Å²) >= 11 is 0. The quantitative estimate of drug-likeness (QED) is 0.187. The Hall–Kier alpha value is -5.74. The molecule has 0 bridgehead atoms. The molecular weight excluding hydrogens is 540 g/mol. The Balaban J connectivity index is 1.39. The average Bonchev–Trinajstić information content (AvgIpc) is 3.06. The highest BCUT2D eigenvalue weighted by Gasteiger charge is 2.14. The van der Waals surface area contributed by atoms with Gasteiger partial charge in [0.15, 0.2) is 0 Å². The van der Waals surface area contributed by atoms with Crippen LogP contribution in [0.15, 0.2) is 156 Å². The van der Waals surface area contributed by atoms with Crippen LogP contribution >= 0.6 is 0 Å². The fourth-order valence-corrected chi connectivity index (χ4v) is 5.35. The molecule has 0 aliphatic rings. The number of aliphatic imine (C=N–C) groups is 2.